The summed E-state index contributed by atoms with van der Waals surface area (Å²) in [6.45, 7) is 6.15. The molecule has 0 N–H and O–H groups in total. The maximum Gasteiger partial charge on any atom is 0.279 e. The van der Waals surface area contributed by atoms with Crippen molar-refractivity contribution >= 4 is 32.3 Å². The van der Waals surface area contributed by atoms with Crippen molar-refractivity contribution in [3.8, 4) is 0 Å². The summed E-state index contributed by atoms with van der Waals surface area (Å²) in [6, 6.07) is 2.01. The fourth-order valence-corrected chi connectivity index (χ4v) is 3.26. The zero-order valence-corrected chi connectivity index (χ0v) is 9.46. The number of thiophene rings is 1. The largest absolute Gasteiger partial charge is 0.279 e. The van der Waals surface area contributed by atoms with Crippen LogP contribution in [0.3, 0.4) is 0 Å². The topological polar surface area (TPSA) is 22.0 Å². The molecule has 4 heteroatoms. The average Bonchev–Trinajstić information content (AvgIpc) is 2.51. The molecule has 2 aromatic heterocycles. The predicted octanol–water partition coefficient (Wildman–Crippen LogP) is 2.88. The van der Waals surface area contributed by atoms with E-state index in [1.54, 1.807) is 11.5 Å². The van der Waals surface area contributed by atoms with Gasteiger partial charge in [0.2, 0.25) is 0 Å². The van der Waals surface area contributed by atoms with Crippen molar-refractivity contribution in [2.45, 2.75) is 26.3 Å². The molecule has 0 radical (unpaired) electrons. The Balaban J connectivity index is 2.79. The van der Waals surface area contributed by atoms with Gasteiger partial charge in [0.15, 0.2) is 0 Å². The van der Waals surface area contributed by atoms with E-state index in [4.69, 9.17) is 0 Å². The first-order valence-electron chi connectivity index (χ1n) is 4.10. The molecule has 0 spiro atoms. The van der Waals surface area contributed by atoms with Gasteiger partial charge in [0, 0.05) is 0 Å². The summed E-state index contributed by atoms with van der Waals surface area (Å²) >= 11 is 3.08. The van der Waals surface area contributed by atoms with Crippen LogP contribution in [-0.2, 0) is 5.54 Å². The third-order valence-corrected chi connectivity index (χ3v) is 4.27. The van der Waals surface area contributed by atoms with Gasteiger partial charge in [0.25, 0.3) is 5.56 Å². The molecule has 2 heterocycles. The lowest BCUT2D eigenvalue weighted by molar-refractivity contribution is 0.420. The number of aromatic nitrogens is 1. The molecule has 0 atom stereocenters. The molecule has 0 aliphatic heterocycles. The van der Waals surface area contributed by atoms with Crippen LogP contribution in [0.2, 0.25) is 0 Å². The van der Waals surface area contributed by atoms with Gasteiger partial charge >= 0.3 is 0 Å². The third kappa shape index (κ3) is 1.34. The summed E-state index contributed by atoms with van der Waals surface area (Å²) in [5, 5.41) is 1.97. The van der Waals surface area contributed by atoms with Gasteiger partial charge in [0.1, 0.15) is 4.70 Å². The Bertz CT molecular complexity index is 483. The minimum atomic E-state index is -0.0967. The Labute approximate surface area is 84.6 Å². The van der Waals surface area contributed by atoms with Crippen molar-refractivity contribution in [2.75, 3.05) is 0 Å². The molecule has 0 saturated carbocycles. The lowest BCUT2D eigenvalue weighted by Gasteiger charge is -2.17. The van der Waals surface area contributed by atoms with Gasteiger partial charge < -0.3 is 0 Å². The van der Waals surface area contributed by atoms with E-state index in [0.717, 1.165) is 9.40 Å². The molecule has 0 bridgehead atoms. The minimum Gasteiger partial charge on any atom is -0.267 e. The smallest absolute Gasteiger partial charge is 0.267 e. The number of hydrogen-bond donors (Lipinski definition) is 0. The van der Waals surface area contributed by atoms with Crippen LogP contribution < -0.4 is 5.56 Å². The number of hydrogen-bond acceptors (Lipinski definition) is 3. The summed E-state index contributed by atoms with van der Waals surface area (Å²) in [4.78, 5) is 11.8. The molecule has 70 valence electrons. The molecular formula is C9H11NOS2. The zero-order valence-electron chi connectivity index (χ0n) is 7.83. The SMILES string of the molecule is CC(C)(C)n1sc2ccsc2c1=O. The van der Waals surface area contributed by atoms with E-state index in [1.807, 2.05) is 15.4 Å². The summed E-state index contributed by atoms with van der Waals surface area (Å²) in [5.41, 5.74) is 0.0584. The molecule has 0 unspecified atom stereocenters. The normalized spacial score (nSPS) is 12.5. The van der Waals surface area contributed by atoms with Gasteiger partial charge in [-0.25, -0.2) is 0 Å². The van der Waals surface area contributed by atoms with Crippen LogP contribution >= 0.6 is 22.9 Å². The fraction of sp³-hybridized carbons (Fsp3) is 0.444. The molecule has 13 heavy (non-hydrogen) atoms. The van der Waals surface area contributed by atoms with E-state index < -0.39 is 0 Å². The van der Waals surface area contributed by atoms with Crippen molar-refractivity contribution in [2.24, 2.45) is 0 Å². The summed E-state index contributed by atoms with van der Waals surface area (Å²) < 4.78 is 3.83. The highest BCUT2D eigenvalue weighted by molar-refractivity contribution is 7.24. The molecule has 2 aromatic rings. The lowest BCUT2D eigenvalue weighted by atomic mass is 10.1. The molecule has 2 rings (SSSR count). The van der Waals surface area contributed by atoms with Gasteiger partial charge in [-0.3, -0.25) is 8.75 Å². The van der Waals surface area contributed by atoms with Gasteiger partial charge in [-0.05, 0) is 32.2 Å². The number of nitrogens with zero attached hydrogens (tertiary/aromatic N) is 1. The Morgan fingerprint density at radius 2 is 2.08 bits per heavy atom. The second-order valence-electron chi connectivity index (χ2n) is 3.98. The molecule has 0 amide bonds. The maximum atomic E-state index is 11.8. The van der Waals surface area contributed by atoms with E-state index >= 15 is 0 Å². The highest BCUT2D eigenvalue weighted by Crippen LogP contribution is 2.26. The Hall–Kier alpha value is -0.610. The van der Waals surface area contributed by atoms with Crippen molar-refractivity contribution in [1.82, 2.24) is 3.96 Å². The first kappa shape index (κ1) is 8.97. The van der Waals surface area contributed by atoms with Crippen LogP contribution in [0.25, 0.3) is 9.40 Å². The predicted molar refractivity (Wildman–Crippen MR) is 59.0 cm³/mol. The Morgan fingerprint density at radius 1 is 1.38 bits per heavy atom. The first-order chi connectivity index (χ1) is 6.00. The molecule has 0 saturated heterocycles. The van der Waals surface area contributed by atoms with Crippen LogP contribution in [0, 0.1) is 0 Å². The fourth-order valence-electron chi connectivity index (χ4n) is 1.20. The molecule has 0 aliphatic carbocycles. The third-order valence-electron chi connectivity index (χ3n) is 1.81. The Kier molecular flexibility index (Phi) is 1.85. The van der Waals surface area contributed by atoms with Gasteiger partial charge in [-0.15, -0.1) is 11.3 Å². The van der Waals surface area contributed by atoms with E-state index in [-0.39, 0.29) is 11.1 Å². The second-order valence-corrected chi connectivity index (χ2v) is 5.88. The van der Waals surface area contributed by atoms with Crippen molar-refractivity contribution in [3.63, 3.8) is 0 Å². The second kappa shape index (κ2) is 2.69. The quantitative estimate of drug-likeness (QED) is 0.659. The van der Waals surface area contributed by atoms with Crippen molar-refractivity contribution in [3.05, 3.63) is 21.8 Å². The van der Waals surface area contributed by atoms with Crippen LogP contribution in [0.5, 0.6) is 0 Å². The minimum absolute atomic E-state index is 0.0967. The first-order valence-corrected chi connectivity index (χ1v) is 5.75. The number of rotatable bonds is 0. The van der Waals surface area contributed by atoms with Crippen LogP contribution in [-0.4, -0.2) is 3.96 Å². The standard InChI is InChI=1S/C9H11NOS2/c1-9(2,3)10-8(11)7-6(13-10)4-5-12-7/h4-5H,1-3H3. The van der Waals surface area contributed by atoms with Crippen molar-refractivity contribution < 1.29 is 0 Å². The van der Waals surface area contributed by atoms with Gasteiger partial charge in [-0.2, -0.15) is 0 Å². The summed E-state index contributed by atoms with van der Waals surface area (Å²) in [7, 11) is 0. The number of fused-ring (bicyclic) bond motifs is 1. The van der Waals surface area contributed by atoms with E-state index in [2.05, 4.69) is 20.8 Å². The summed E-state index contributed by atoms with van der Waals surface area (Å²) in [5.74, 6) is 0. The zero-order chi connectivity index (χ0) is 9.64. The van der Waals surface area contributed by atoms with E-state index in [1.165, 1.54) is 11.3 Å². The van der Waals surface area contributed by atoms with Gasteiger partial charge in [0.05, 0.1) is 10.2 Å². The molecule has 0 aliphatic rings. The maximum absolute atomic E-state index is 11.8. The average molecular weight is 213 g/mol. The molecule has 2 nitrogen and oxygen atoms in total. The van der Waals surface area contributed by atoms with Crippen LogP contribution in [0.4, 0.5) is 0 Å². The molecule has 0 fully saturated rings. The van der Waals surface area contributed by atoms with Crippen LogP contribution in [0.15, 0.2) is 16.2 Å². The molecular weight excluding hydrogens is 202 g/mol. The molecule has 0 aromatic carbocycles. The highest BCUT2D eigenvalue weighted by atomic mass is 32.1. The Morgan fingerprint density at radius 3 is 2.62 bits per heavy atom. The lowest BCUT2D eigenvalue weighted by Crippen LogP contribution is -2.28. The van der Waals surface area contributed by atoms with Crippen molar-refractivity contribution in [1.29, 1.82) is 0 Å². The van der Waals surface area contributed by atoms with E-state index in [9.17, 15) is 4.79 Å². The monoisotopic (exact) mass is 213 g/mol. The van der Waals surface area contributed by atoms with E-state index in [0.29, 0.717) is 0 Å². The summed E-state index contributed by atoms with van der Waals surface area (Å²) in [6.07, 6.45) is 0. The highest BCUT2D eigenvalue weighted by Gasteiger charge is 2.19. The van der Waals surface area contributed by atoms with Gasteiger partial charge in [-0.1, -0.05) is 11.5 Å². The van der Waals surface area contributed by atoms with Crippen LogP contribution in [0.1, 0.15) is 20.8 Å².